The lowest BCUT2D eigenvalue weighted by Gasteiger charge is -2.33. The Kier molecular flexibility index (Phi) is 7.45. The molecule has 1 heterocycles. The van der Waals surface area contributed by atoms with E-state index >= 15 is 0 Å². The highest BCUT2D eigenvalue weighted by atomic mass is 32.1. The fraction of sp³-hybridized carbons (Fsp3) is 0.333. The van der Waals surface area contributed by atoms with E-state index in [2.05, 4.69) is 5.32 Å². The van der Waals surface area contributed by atoms with E-state index in [0.29, 0.717) is 11.4 Å². The van der Waals surface area contributed by atoms with Crippen LogP contribution in [0.3, 0.4) is 0 Å². The molecule has 33 heavy (non-hydrogen) atoms. The van der Waals surface area contributed by atoms with Gasteiger partial charge in [-0.05, 0) is 54.5 Å². The second-order valence-electron chi connectivity index (χ2n) is 8.47. The van der Waals surface area contributed by atoms with Crippen molar-refractivity contribution < 1.29 is 14.3 Å². The first-order valence-electron chi connectivity index (χ1n) is 11.4. The minimum atomic E-state index is -0.772. The number of hydrogen-bond donors (Lipinski definition) is 1. The van der Waals surface area contributed by atoms with Crippen LogP contribution in [0.1, 0.15) is 47.7 Å². The highest BCUT2D eigenvalue weighted by Gasteiger charge is 2.35. The van der Waals surface area contributed by atoms with Crippen molar-refractivity contribution in [3.63, 3.8) is 0 Å². The first kappa shape index (κ1) is 23.1. The Morgan fingerprint density at radius 3 is 2.58 bits per heavy atom. The predicted molar refractivity (Wildman–Crippen MR) is 133 cm³/mol. The van der Waals surface area contributed by atoms with Crippen LogP contribution in [0.5, 0.6) is 5.75 Å². The molecule has 1 unspecified atom stereocenters. The highest BCUT2D eigenvalue weighted by molar-refractivity contribution is 7.10. The van der Waals surface area contributed by atoms with Gasteiger partial charge in [-0.25, -0.2) is 0 Å². The minimum Gasteiger partial charge on any atom is -0.497 e. The Balaban J connectivity index is 1.79. The summed E-state index contributed by atoms with van der Waals surface area (Å²) in [7, 11) is 1.60. The van der Waals surface area contributed by atoms with Gasteiger partial charge in [0.2, 0.25) is 11.8 Å². The third-order valence-electron chi connectivity index (χ3n) is 6.20. The molecule has 0 radical (unpaired) electrons. The molecule has 2 amide bonds. The lowest BCUT2D eigenvalue weighted by molar-refractivity contribution is -0.127. The lowest BCUT2D eigenvalue weighted by atomic mass is 9.97. The molecule has 1 atom stereocenters. The van der Waals surface area contributed by atoms with Gasteiger partial charge in [0.15, 0.2) is 0 Å². The van der Waals surface area contributed by atoms with Gasteiger partial charge in [-0.3, -0.25) is 14.5 Å². The molecule has 0 bridgehead atoms. The van der Waals surface area contributed by atoms with Crippen molar-refractivity contribution in [2.45, 2.75) is 51.1 Å². The normalized spacial score (nSPS) is 14.6. The number of nitrogens with zero attached hydrogens (tertiary/aromatic N) is 1. The summed E-state index contributed by atoms with van der Waals surface area (Å²) in [5.74, 6) is 0.375. The summed E-state index contributed by atoms with van der Waals surface area (Å²) in [5.41, 5.74) is 2.45. The van der Waals surface area contributed by atoms with Crippen LogP contribution in [0.15, 0.2) is 66.0 Å². The average Bonchev–Trinajstić information content (AvgIpc) is 3.52. The van der Waals surface area contributed by atoms with Gasteiger partial charge in [-0.15, -0.1) is 11.3 Å². The number of carbonyl (C=O) groups is 2. The lowest BCUT2D eigenvalue weighted by Crippen LogP contribution is -2.47. The Hall–Kier alpha value is -3.12. The average molecular weight is 463 g/mol. The third-order valence-corrected chi connectivity index (χ3v) is 7.07. The first-order chi connectivity index (χ1) is 16.1. The molecule has 2 aromatic carbocycles. The fourth-order valence-corrected chi connectivity index (χ4v) is 5.18. The van der Waals surface area contributed by atoms with Crippen molar-refractivity contribution in [1.82, 2.24) is 5.32 Å². The van der Waals surface area contributed by atoms with E-state index in [4.69, 9.17) is 4.74 Å². The van der Waals surface area contributed by atoms with Gasteiger partial charge in [-0.1, -0.05) is 49.2 Å². The van der Waals surface area contributed by atoms with Crippen LogP contribution < -0.4 is 15.0 Å². The van der Waals surface area contributed by atoms with Gasteiger partial charge in [-0.2, -0.15) is 0 Å². The van der Waals surface area contributed by atoms with Crippen LogP contribution in [0.2, 0.25) is 0 Å². The van der Waals surface area contributed by atoms with Crippen LogP contribution in [0.4, 0.5) is 5.69 Å². The van der Waals surface area contributed by atoms with E-state index < -0.39 is 6.04 Å². The molecule has 6 heteroatoms. The smallest absolute Gasteiger partial charge is 0.248 e. The summed E-state index contributed by atoms with van der Waals surface area (Å²) >= 11 is 1.54. The summed E-state index contributed by atoms with van der Waals surface area (Å²) in [5, 5.41) is 5.20. The molecule has 1 aliphatic carbocycles. The van der Waals surface area contributed by atoms with E-state index in [1.54, 1.807) is 23.3 Å². The monoisotopic (exact) mass is 462 g/mol. The molecule has 1 fully saturated rings. The van der Waals surface area contributed by atoms with Gasteiger partial charge < -0.3 is 10.1 Å². The zero-order chi connectivity index (χ0) is 23.2. The molecule has 4 rings (SSSR count). The summed E-state index contributed by atoms with van der Waals surface area (Å²) in [6, 6.07) is 18.5. The molecular formula is C27H30N2O3S. The maximum Gasteiger partial charge on any atom is 0.248 e. The molecule has 172 valence electrons. The van der Waals surface area contributed by atoms with Crippen LogP contribution in [-0.4, -0.2) is 25.0 Å². The van der Waals surface area contributed by atoms with Gasteiger partial charge in [0.1, 0.15) is 11.8 Å². The van der Waals surface area contributed by atoms with E-state index in [-0.39, 0.29) is 24.3 Å². The second-order valence-corrected chi connectivity index (χ2v) is 9.50. The number of thiophene rings is 1. The summed E-state index contributed by atoms with van der Waals surface area (Å²) in [4.78, 5) is 30.2. The topological polar surface area (TPSA) is 58.6 Å². The molecule has 1 N–H and O–H groups in total. The number of nitrogens with one attached hydrogen (secondary N) is 1. The number of benzene rings is 2. The van der Waals surface area contributed by atoms with Crippen LogP contribution in [0.25, 0.3) is 0 Å². The van der Waals surface area contributed by atoms with Crippen molar-refractivity contribution in [1.29, 1.82) is 0 Å². The van der Waals surface area contributed by atoms with E-state index in [1.165, 1.54) is 0 Å². The summed E-state index contributed by atoms with van der Waals surface area (Å²) in [6.07, 6.45) is 4.44. The van der Waals surface area contributed by atoms with Crippen LogP contribution in [0, 0.1) is 6.92 Å². The highest BCUT2D eigenvalue weighted by Crippen LogP contribution is 2.33. The van der Waals surface area contributed by atoms with Crippen molar-refractivity contribution in [2.24, 2.45) is 0 Å². The number of rotatable bonds is 8. The predicted octanol–water partition coefficient (Wildman–Crippen LogP) is 5.44. The number of anilines is 1. The Bertz CT molecular complexity index is 1090. The van der Waals surface area contributed by atoms with Gasteiger partial charge >= 0.3 is 0 Å². The molecule has 3 aromatic rings. The quantitative estimate of drug-likeness (QED) is 0.485. The largest absolute Gasteiger partial charge is 0.497 e. The van der Waals surface area contributed by atoms with Gasteiger partial charge in [0.25, 0.3) is 0 Å². The van der Waals surface area contributed by atoms with Gasteiger partial charge in [0, 0.05) is 22.7 Å². The molecule has 1 saturated carbocycles. The second kappa shape index (κ2) is 10.7. The van der Waals surface area contributed by atoms with Crippen molar-refractivity contribution >= 4 is 28.8 Å². The van der Waals surface area contributed by atoms with E-state index in [0.717, 1.165) is 41.7 Å². The zero-order valence-corrected chi connectivity index (χ0v) is 19.9. The number of ether oxygens (including phenoxy) is 1. The van der Waals surface area contributed by atoms with Crippen LogP contribution in [-0.2, 0) is 16.0 Å². The SMILES string of the molecule is COc1cccc(N(C(=O)Cc2cccs2)C(C(=O)NC2CCCC2)c2ccccc2C)c1. The van der Waals surface area contributed by atoms with Crippen LogP contribution >= 0.6 is 11.3 Å². The number of hydrogen-bond acceptors (Lipinski definition) is 4. The fourth-order valence-electron chi connectivity index (χ4n) is 4.49. The Labute approximate surface area is 199 Å². The first-order valence-corrected chi connectivity index (χ1v) is 12.3. The third kappa shape index (κ3) is 5.45. The standard InChI is InChI=1S/C27H30N2O3S/c1-19-9-3-6-15-24(19)26(27(31)28-20-10-4-5-11-20)29(21-12-7-13-22(17-21)32-2)25(30)18-23-14-8-16-33-23/h3,6-9,12-17,20,26H,4-5,10-11,18H2,1-2H3,(H,28,31). The summed E-state index contributed by atoms with van der Waals surface area (Å²) in [6.45, 7) is 1.98. The molecule has 5 nitrogen and oxygen atoms in total. The van der Waals surface area contributed by atoms with Crippen molar-refractivity contribution in [3.05, 3.63) is 82.0 Å². The molecule has 0 saturated heterocycles. The maximum atomic E-state index is 13.8. The number of carbonyl (C=O) groups excluding carboxylic acids is 2. The van der Waals surface area contributed by atoms with Crippen molar-refractivity contribution in [3.8, 4) is 5.75 Å². The minimum absolute atomic E-state index is 0.125. The Morgan fingerprint density at radius 1 is 1.09 bits per heavy atom. The molecular weight excluding hydrogens is 432 g/mol. The number of amides is 2. The number of methoxy groups -OCH3 is 1. The van der Waals surface area contributed by atoms with Gasteiger partial charge in [0.05, 0.1) is 13.5 Å². The van der Waals surface area contributed by atoms with E-state index in [9.17, 15) is 9.59 Å². The molecule has 0 aliphatic heterocycles. The maximum absolute atomic E-state index is 13.8. The van der Waals surface area contributed by atoms with Crippen molar-refractivity contribution in [2.75, 3.05) is 12.0 Å². The molecule has 0 spiro atoms. The number of aryl methyl sites for hydroxylation is 1. The zero-order valence-electron chi connectivity index (χ0n) is 19.1. The summed E-state index contributed by atoms with van der Waals surface area (Å²) < 4.78 is 5.43. The Morgan fingerprint density at radius 2 is 1.88 bits per heavy atom. The molecule has 1 aliphatic rings. The molecule has 1 aromatic heterocycles. The van der Waals surface area contributed by atoms with E-state index in [1.807, 2.05) is 73.0 Å².